The molecule has 9 heteroatoms. The zero-order chi connectivity index (χ0) is 15.0. The van der Waals surface area contributed by atoms with Gasteiger partial charge in [-0.3, -0.25) is 0 Å². The molecule has 1 saturated heterocycles. The summed E-state index contributed by atoms with van der Waals surface area (Å²) in [4.78, 5) is 0.0143. The molecule has 6 nitrogen and oxygen atoms in total. The molecule has 112 valence electrons. The fourth-order valence-electron chi connectivity index (χ4n) is 2.12. The van der Waals surface area contributed by atoms with Gasteiger partial charge in [0.05, 0.1) is 16.4 Å². The predicted octanol–water partition coefficient (Wildman–Crippen LogP) is 0.887. The van der Waals surface area contributed by atoms with Crippen LogP contribution in [0.5, 0.6) is 0 Å². The van der Waals surface area contributed by atoms with Crippen LogP contribution in [0.15, 0.2) is 27.6 Å². The van der Waals surface area contributed by atoms with E-state index in [1.165, 1.54) is 6.07 Å². The van der Waals surface area contributed by atoms with E-state index in [1.807, 2.05) is 0 Å². The van der Waals surface area contributed by atoms with Crippen molar-refractivity contribution in [3.63, 3.8) is 0 Å². The summed E-state index contributed by atoms with van der Waals surface area (Å²) in [6.07, 6.45) is 0.978. The number of rotatable bonds is 3. The zero-order valence-electron chi connectivity index (χ0n) is 10.5. The van der Waals surface area contributed by atoms with Crippen LogP contribution in [0.3, 0.4) is 0 Å². The quantitative estimate of drug-likeness (QED) is 0.754. The Balaban J connectivity index is 2.25. The molecule has 1 aromatic rings. The van der Waals surface area contributed by atoms with Crippen LogP contribution >= 0.6 is 15.9 Å². The number of benzene rings is 1. The van der Waals surface area contributed by atoms with Gasteiger partial charge in [-0.05, 0) is 47.0 Å². The van der Waals surface area contributed by atoms with Crippen molar-refractivity contribution in [2.75, 3.05) is 17.2 Å². The van der Waals surface area contributed by atoms with Crippen molar-refractivity contribution in [2.45, 2.75) is 23.8 Å². The maximum absolute atomic E-state index is 12.3. The maximum atomic E-state index is 12.3. The first kappa shape index (κ1) is 15.7. The van der Waals surface area contributed by atoms with Crippen LogP contribution < -0.4 is 10.5 Å². The molecule has 1 aliphatic rings. The highest BCUT2D eigenvalue weighted by atomic mass is 79.9. The minimum Gasteiger partial charge on any atom is -0.399 e. The molecular weight excluding hydrogens is 368 g/mol. The molecule has 1 atom stereocenters. The Morgan fingerprint density at radius 1 is 1.35 bits per heavy atom. The van der Waals surface area contributed by atoms with Crippen molar-refractivity contribution in [3.8, 4) is 0 Å². The van der Waals surface area contributed by atoms with E-state index in [1.54, 1.807) is 12.1 Å². The number of hydrogen-bond acceptors (Lipinski definition) is 5. The second kappa shape index (κ2) is 5.63. The summed E-state index contributed by atoms with van der Waals surface area (Å²) in [5.41, 5.74) is 5.92. The van der Waals surface area contributed by atoms with Crippen LogP contribution in [0.2, 0.25) is 0 Å². The Labute approximate surface area is 126 Å². The Morgan fingerprint density at radius 2 is 2.05 bits per heavy atom. The maximum Gasteiger partial charge on any atom is 0.242 e. The van der Waals surface area contributed by atoms with E-state index in [9.17, 15) is 16.8 Å². The number of sulfonamides is 1. The Kier molecular flexibility index (Phi) is 4.43. The average Bonchev–Trinajstić information content (AvgIpc) is 2.30. The molecule has 1 unspecified atom stereocenters. The lowest BCUT2D eigenvalue weighted by Gasteiger charge is -2.23. The molecule has 1 aromatic carbocycles. The lowest BCUT2D eigenvalue weighted by atomic mass is 10.2. The molecule has 20 heavy (non-hydrogen) atoms. The summed E-state index contributed by atoms with van der Waals surface area (Å²) in [5, 5.41) is 0. The molecule has 0 saturated carbocycles. The molecular formula is C11H15BrN2O4S2. The van der Waals surface area contributed by atoms with Crippen molar-refractivity contribution < 1.29 is 16.8 Å². The summed E-state index contributed by atoms with van der Waals surface area (Å²) in [6, 6.07) is 3.87. The number of nitrogens with two attached hydrogens (primary N) is 1. The smallest absolute Gasteiger partial charge is 0.242 e. The Morgan fingerprint density at radius 3 is 2.70 bits per heavy atom. The minimum atomic E-state index is -3.80. The van der Waals surface area contributed by atoms with Gasteiger partial charge in [0.2, 0.25) is 10.0 Å². The van der Waals surface area contributed by atoms with E-state index in [4.69, 9.17) is 5.73 Å². The van der Waals surface area contributed by atoms with E-state index in [0.717, 1.165) is 0 Å². The van der Waals surface area contributed by atoms with Crippen molar-refractivity contribution in [1.29, 1.82) is 0 Å². The zero-order valence-corrected chi connectivity index (χ0v) is 13.8. The molecule has 1 fully saturated rings. The highest BCUT2D eigenvalue weighted by Crippen LogP contribution is 2.25. The third kappa shape index (κ3) is 3.72. The topological polar surface area (TPSA) is 106 Å². The van der Waals surface area contributed by atoms with E-state index < -0.39 is 25.9 Å². The molecule has 0 bridgehead atoms. The molecule has 1 aliphatic heterocycles. The van der Waals surface area contributed by atoms with Crippen molar-refractivity contribution in [2.24, 2.45) is 0 Å². The van der Waals surface area contributed by atoms with Crippen LogP contribution in [0.4, 0.5) is 5.69 Å². The third-order valence-corrected chi connectivity index (χ3v) is 7.36. The standard InChI is InChI=1S/C11H15BrN2O4S2/c12-10-4-3-8(13)6-11(10)20(17,18)14-9-2-1-5-19(15,16)7-9/h3-4,6,9,14H,1-2,5,7,13H2. The van der Waals surface area contributed by atoms with Crippen LogP contribution in [-0.4, -0.2) is 34.4 Å². The van der Waals surface area contributed by atoms with Gasteiger partial charge in [-0.2, -0.15) is 0 Å². The lowest BCUT2D eigenvalue weighted by molar-refractivity contribution is 0.517. The second-order valence-corrected chi connectivity index (χ2v) is 9.53. The SMILES string of the molecule is Nc1ccc(Br)c(S(=O)(=O)NC2CCCS(=O)(=O)C2)c1. The molecule has 0 radical (unpaired) electrons. The lowest BCUT2D eigenvalue weighted by Crippen LogP contribution is -2.43. The molecule has 0 aromatic heterocycles. The van der Waals surface area contributed by atoms with Crippen LogP contribution in [0, 0.1) is 0 Å². The number of nitrogen functional groups attached to an aromatic ring is 1. The van der Waals surface area contributed by atoms with Gasteiger partial charge in [0.1, 0.15) is 0 Å². The van der Waals surface area contributed by atoms with Gasteiger partial charge in [-0.15, -0.1) is 0 Å². The molecule has 1 heterocycles. The van der Waals surface area contributed by atoms with E-state index in [-0.39, 0.29) is 16.4 Å². The van der Waals surface area contributed by atoms with Gasteiger partial charge in [0.15, 0.2) is 9.84 Å². The Bertz CT molecular complexity index is 716. The summed E-state index contributed by atoms with van der Waals surface area (Å²) < 4.78 is 50.5. The second-order valence-electron chi connectivity index (χ2n) is 4.76. The average molecular weight is 383 g/mol. The first-order valence-corrected chi connectivity index (χ1v) is 10.1. The largest absolute Gasteiger partial charge is 0.399 e. The van der Waals surface area contributed by atoms with Crippen molar-refractivity contribution in [3.05, 3.63) is 22.7 Å². The van der Waals surface area contributed by atoms with Gasteiger partial charge in [-0.25, -0.2) is 21.6 Å². The summed E-state index contributed by atoms with van der Waals surface area (Å²) in [7, 11) is -6.97. The monoisotopic (exact) mass is 382 g/mol. The summed E-state index contributed by atoms with van der Waals surface area (Å²) in [6.45, 7) is 0. The fourth-order valence-corrected chi connectivity index (χ4v) is 6.14. The minimum absolute atomic E-state index is 0.0143. The van der Waals surface area contributed by atoms with Crippen LogP contribution in [-0.2, 0) is 19.9 Å². The first-order valence-electron chi connectivity index (χ1n) is 5.97. The summed E-state index contributed by atoms with van der Waals surface area (Å²) >= 11 is 3.16. The van der Waals surface area contributed by atoms with Gasteiger partial charge >= 0.3 is 0 Å². The summed E-state index contributed by atoms with van der Waals surface area (Å²) in [5.74, 6) is -0.0423. The van der Waals surface area contributed by atoms with Gasteiger partial charge < -0.3 is 5.73 Å². The van der Waals surface area contributed by atoms with E-state index in [0.29, 0.717) is 23.0 Å². The third-order valence-electron chi connectivity index (χ3n) is 3.03. The molecule has 0 amide bonds. The van der Waals surface area contributed by atoms with Crippen LogP contribution in [0.1, 0.15) is 12.8 Å². The number of anilines is 1. The predicted molar refractivity (Wildman–Crippen MR) is 80.6 cm³/mol. The van der Waals surface area contributed by atoms with Gasteiger partial charge in [0.25, 0.3) is 0 Å². The number of nitrogens with one attached hydrogen (secondary N) is 1. The number of sulfone groups is 1. The number of halogens is 1. The van der Waals surface area contributed by atoms with Gasteiger partial charge in [0, 0.05) is 16.2 Å². The van der Waals surface area contributed by atoms with E-state index >= 15 is 0 Å². The molecule has 3 N–H and O–H groups in total. The molecule has 0 aliphatic carbocycles. The first-order chi connectivity index (χ1) is 9.20. The van der Waals surface area contributed by atoms with Gasteiger partial charge in [-0.1, -0.05) is 0 Å². The van der Waals surface area contributed by atoms with Crippen molar-refractivity contribution >= 4 is 41.5 Å². The van der Waals surface area contributed by atoms with E-state index in [2.05, 4.69) is 20.7 Å². The fraction of sp³-hybridized carbons (Fsp3) is 0.455. The molecule has 0 spiro atoms. The normalized spacial score (nSPS) is 22.6. The van der Waals surface area contributed by atoms with Crippen molar-refractivity contribution in [1.82, 2.24) is 4.72 Å². The molecule has 2 rings (SSSR count). The van der Waals surface area contributed by atoms with Crippen LogP contribution in [0.25, 0.3) is 0 Å². The Hall–Kier alpha value is -0.640. The number of hydrogen-bond donors (Lipinski definition) is 2. The highest BCUT2D eigenvalue weighted by molar-refractivity contribution is 9.10. The highest BCUT2D eigenvalue weighted by Gasteiger charge is 2.29.